The van der Waals surface area contributed by atoms with Gasteiger partial charge in [-0.05, 0) is 39.3 Å². The van der Waals surface area contributed by atoms with Crippen LogP contribution in [0.4, 0.5) is 14.5 Å². The van der Waals surface area contributed by atoms with E-state index in [0.29, 0.717) is 41.2 Å². The number of nitrogens with zero attached hydrogens (tertiary/aromatic N) is 4. The van der Waals surface area contributed by atoms with Crippen molar-refractivity contribution >= 4 is 16.6 Å². The Morgan fingerprint density at radius 2 is 2.03 bits per heavy atom. The van der Waals surface area contributed by atoms with Gasteiger partial charge in [-0.25, -0.2) is 4.68 Å². The van der Waals surface area contributed by atoms with E-state index in [9.17, 15) is 19.0 Å². The lowest BCUT2D eigenvalue weighted by Gasteiger charge is -2.16. The van der Waals surface area contributed by atoms with Crippen LogP contribution in [0.2, 0.25) is 0 Å². The molecule has 8 nitrogen and oxygen atoms in total. The largest absolute Gasteiger partial charge is 0.492 e. The first-order valence-electron chi connectivity index (χ1n) is 9.30. The number of hydrogen-bond donors (Lipinski definition) is 3. The minimum atomic E-state index is -2.78. The van der Waals surface area contributed by atoms with Gasteiger partial charge in [0.1, 0.15) is 11.4 Å². The molecule has 0 amide bonds. The van der Waals surface area contributed by atoms with Crippen molar-refractivity contribution in [2.24, 2.45) is 0 Å². The normalized spacial score (nSPS) is 13.2. The summed E-state index contributed by atoms with van der Waals surface area (Å²) in [6.45, 7) is 3.47. The van der Waals surface area contributed by atoms with Crippen LogP contribution in [0.1, 0.15) is 45.7 Å². The highest BCUT2D eigenvalue weighted by molar-refractivity contribution is 5.85. The van der Waals surface area contributed by atoms with Crippen molar-refractivity contribution in [2.45, 2.75) is 52.1 Å². The summed E-state index contributed by atoms with van der Waals surface area (Å²) in [5.41, 5.74) is 0.452. The molecule has 3 rings (SSSR count). The Morgan fingerprint density at radius 1 is 1.28 bits per heavy atom. The van der Waals surface area contributed by atoms with Gasteiger partial charge in [-0.15, -0.1) is 0 Å². The van der Waals surface area contributed by atoms with Gasteiger partial charge in [0, 0.05) is 30.4 Å². The van der Waals surface area contributed by atoms with Crippen LogP contribution in [0.5, 0.6) is 5.75 Å². The van der Waals surface area contributed by atoms with Crippen LogP contribution in [0.15, 0.2) is 30.6 Å². The molecule has 0 radical (unpaired) electrons. The predicted molar refractivity (Wildman–Crippen MR) is 104 cm³/mol. The van der Waals surface area contributed by atoms with Gasteiger partial charge in [-0.3, -0.25) is 4.68 Å². The van der Waals surface area contributed by atoms with E-state index >= 15 is 0 Å². The zero-order valence-corrected chi connectivity index (χ0v) is 16.5. The standard InChI is InChI=1S/C19H25F2N5O3/c1-4-29-16-10-14-12(11-25(23-14)8-6-19(2,3)28)9-15(16)22-17(27)13-5-7-26(24-13)18(20)21/h5,7,9-11,17-18,22,27-28H,4,6,8H2,1-3H3. The molecule has 0 fully saturated rings. The third kappa shape index (κ3) is 5.21. The molecule has 1 aromatic carbocycles. The summed E-state index contributed by atoms with van der Waals surface area (Å²) in [5, 5.41) is 32.1. The lowest BCUT2D eigenvalue weighted by Crippen LogP contribution is -2.21. The van der Waals surface area contributed by atoms with E-state index in [1.54, 1.807) is 30.7 Å². The van der Waals surface area contributed by atoms with Gasteiger partial charge in [0.2, 0.25) is 0 Å². The highest BCUT2D eigenvalue weighted by Crippen LogP contribution is 2.32. The molecule has 0 saturated heterocycles. The molecule has 0 aliphatic rings. The molecule has 10 heteroatoms. The van der Waals surface area contributed by atoms with E-state index in [1.165, 1.54) is 6.07 Å². The van der Waals surface area contributed by atoms with Crippen molar-refractivity contribution < 1.29 is 23.7 Å². The number of nitrogens with one attached hydrogen (secondary N) is 1. The van der Waals surface area contributed by atoms with Gasteiger partial charge in [-0.1, -0.05) is 0 Å². The lowest BCUT2D eigenvalue weighted by molar-refractivity contribution is 0.0550. The van der Waals surface area contributed by atoms with Crippen molar-refractivity contribution in [2.75, 3.05) is 11.9 Å². The maximum absolute atomic E-state index is 12.7. The fourth-order valence-electron chi connectivity index (χ4n) is 2.82. The molecule has 2 heterocycles. The number of alkyl halides is 2. The topological polar surface area (TPSA) is 97.4 Å². The molecule has 1 unspecified atom stereocenters. The van der Waals surface area contributed by atoms with Crippen molar-refractivity contribution in [3.63, 3.8) is 0 Å². The smallest absolute Gasteiger partial charge is 0.333 e. The van der Waals surface area contributed by atoms with Gasteiger partial charge in [0.25, 0.3) is 0 Å². The molecule has 0 bridgehead atoms. The van der Waals surface area contributed by atoms with Crippen LogP contribution in [0.3, 0.4) is 0 Å². The van der Waals surface area contributed by atoms with E-state index in [0.717, 1.165) is 11.6 Å². The van der Waals surface area contributed by atoms with Crippen LogP contribution >= 0.6 is 0 Å². The number of aryl methyl sites for hydroxylation is 1. The number of anilines is 1. The van der Waals surface area contributed by atoms with Gasteiger partial charge >= 0.3 is 6.55 Å². The quantitative estimate of drug-likeness (QED) is 0.469. The van der Waals surface area contributed by atoms with Crippen LogP contribution in [-0.4, -0.2) is 42.0 Å². The van der Waals surface area contributed by atoms with Crippen molar-refractivity contribution in [1.82, 2.24) is 19.6 Å². The first-order chi connectivity index (χ1) is 13.7. The maximum atomic E-state index is 12.7. The molecule has 158 valence electrons. The zero-order chi connectivity index (χ0) is 21.2. The summed E-state index contributed by atoms with van der Waals surface area (Å²) >= 11 is 0. The Balaban J connectivity index is 1.85. The summed E-state index contributed by atoms with van der Waals surface area (Å²) in [4.78, 5) is 0. The van der Waals surface area contributed by atoms with Crippen LogP contribution in [0, 0.1) is 0 Å². The highest BCUT2D eigenvalue weighted by Gasteiger charge is 2.18. The molecule has 0 saturated carbocycles. The number of rotatable bonds is 9. The third-order valence-electron chi connectivity index (χ3n) is 4.31. The Labute approximate surface area is 166 Å². The number of aromatic nitrogens is 4. The molecule has 29 heavy (non-hydrogen) atoms. The number of aliphatic hydroxyl groups excluding tert-OH is 1. The first kappa shape index (κ1) is 21.0. The molecular weight excluding hydrogens is 384 g/mol. The summed E-state index contributed by atoms with van der Waals surface area (Å²) in [5.74, 6) is 0.472. The molecule has 3 aromatic rings. The fraction of sp³-hybridized carbons (Fsp3) is 0.474. The molecular formula is C19H25F2N5O3. The Morgan fingerprint density at radius 3 is 2.66 bits per heavy atom. The SMILES string of the molecule is CCOc1cc2nn(CCC(C)(C)O)cc2cc1NC(O)c1ccn(C(F)F)n1. The number of benzene rings is 1. The maximum Gasteiger partial charge on any atom is 0.333 e. The van der Waals surface area contributed by atoms with E-state index in [4.69, 9.17) is 4.74 Å². The average Bonchev–Trinajstić information content (AvgIpc) is 3.26. The fourth-order valence-corrected chi connectivity index (χ4v) is 2.82. The monoisotopic (exact) mass is 409 g/mol. The summed E-state index contributed by atoms with van der Waals surface area (Å²) in [6.07, 6.45) is 2.18. The molecule has 3 N–H and O–H groups in total. The van der Waals surface area contributed by atoms with Crippen LogP contribution < -0.4 is 10.1 Å². The predicted octanol–water partition coefficient (Wildman–Crippen LogP) is 3.29. The van der Waals surface area contributed by atoms with Crippen molar-refractivity contribution in [1.29, 1.82) is 0 Å². The van der Waals surface area contributed by atoms with E-state index in [-0.39, 0.29) is 5.69 Å². The zero-order valence-electron chi connectivity index (χ0n) is 16.5. The van der Waals surface area contributed by atoms with E-state index < -0.39 is 18.4 Å². The minimum Gasteiger partial charge on any atom is -0.492 e. The van der Waals surface area contributed by atoms with Gasteiger partial charge < -0.3 is 20.3 Å². The summed E-state index contributed by atoms with van der Waals surface area (Å²) in [7, 11) is 0. The molecule has 0 aliphatic heterocycles. The van der Waals surface area contributed by atoms with Crippen molar-refractivity contribution in [3.8, 4) is 5.75 Å². The molecule has 0 aliphatic carbocycles. The van der Waals surface area contributed by atoms with Gasteiger partial charge in [0.05, 0.1) is 23.4 Å². The Hall–Kier alpha value is -2.72. The van der Waals surface area contributed by atoms with Crippen molar-refractivity contribution in [3.05, 3.63) is 36.3 Å². The molecule has 2 aromatic heterocycles. The molecule has 1 atom stereocenters. The second-order valence-corrected chi connectivity index (χ2v) is 7.34. The molecule has 0 spiro atoms. The third-order valence-corrected chi connectivity index (χ3v) is 4.31. The Kier molecular flexibility index (Phi) is 6.04. The van der Waals surface area contributed by atoms with E-state index in [2.05, 4.69) is 15.5 Å². The summed E-state index contributed by atoms with van der Waals surface area (Å²) < 4.78 is 33.3. The average molecular weight is 409 g/mol. The second-order valence-electron chi connectivity index (χ2n) is 7.34. The number of fused-ring (bicyclic) bond motifs is 1. The van der Waals surface area contributed by atoms with Gasteiger partial charge in [0.15, 0.2) is 6.23 Å². The number of halogens is 2. The summed E-state index contributed by atoms with van der Waals surface area (Å²) in [6, 6.07) is 4.82. The van der Waals surface area contributed by atoms with Crippen LogP contribution in [0.25, 0.3) is 10.9 Å². The van der Waals surface area contributed by atoms with E-state index in [1.807, 2.05) is 13.1 Å². The number of ether oxygens (including phenoxy) is 1. The van der Waals surface area contributed by atoms with Crippen LogP contribution in [-0.2, 0) is 6.54 Å². The lowest BCUT2D eigenvalue weighted by atomic mass is 10.1. The number of aliphatic hydroxyl groups is 2. The highest BCUT2D eigenvalue weighted by atomic mass is 19.3. The van der Waals surface area contributed by atoms with Gasteiger partial charge in [-0.2, -0.15) is 19.0 Å². The number of hydrogen-bond acceptors (Lipinski definition) is 6. The first-order valence-corrected chi connectivity index (χ1v) is 9.30. The Bertz CT molecular complexity index is 965. The second kappa shape index (κ2) is 8.34. The minimum absolute atomic E-state index is 0.0636.